The molecule has 0 saturated carbocycles. The molecule has 2 rings (SSSR count). The van der Waals surface area contributed by atoms with Crippen LogP contribution in [0.2, 0.25) is 0 Å². The molecule has 0 spiro atoms. The van der Waals surface area contributed by atoms with Crippen LogP contribution in [-0.4, -0.2) is 28.5 Å². The number of hydrogen-bond acceptors (Lipinski definition) is 6. The molecule has 128 valence electrons. The molecule has 24 heavy (non-hydrogen) atoms. The van der Waals surface area contributed by atoms with Crippen LogP contribution in [-0.2, 0) is 10.9 Å². The van der Waals surface area contributed by atoms with Gasteiger partial charge in [-0.1, -0.05) is 0 Å². The number of pyridine rings is 1. The highest BCUT2D eigenvalue weighted by molar-refractivity contribution is 7.14. The number of thiazole rings is 1. The number of ether oxygens (including phenoxy) is 1. The quantitative estimate of drug-likeness (QED) is 0.847. The lowest BCUT2D eigenvalue weighted by atomic mass is 10.1. The second kappa shape index (κ2) is 6.95. The number of carbonyl (C=O) groups is 2. The van der Waals surface area contributed by atoms with Crippen LogP contribution in [0.1, 0.15) is 39.2 Å². The summed E-state index contributed by atoms with van der Waals surface area (Å²) in [5.41, 5.74) is -1.12. The average Bonchev–Trinajstić information content (AvgIpc) is 2.95. The maximum atomic E-state index is 12.6. The number of anilines is 1. The van der Waals surface area contributed by atoms with Gasteiger partial charge >= 0.3 is 12.1 Å². The Bertz CT molecular complexity index is 774. The predicted molar refractivity (Wildman–Crippen MR) is 80.0 cm³/mol. The molecule has 10 heteroatoms. The van der Waals surface area contributed by atoms with E-state index in [-0.39, 0.29) is 28.7 Å². The Hall–Kier alpha value is -2.49. The minimum atomic E-state index is -4.58. The maximum absolute atomic E-state index is 12.6. The summed E-state index contributed by atoms with van der Waals surface area (Å²) in [5.74, 6) is -1.29. The standard InChI is InChI=1S/C14H12F3N3O3S/c1-3-23-12(22)9-6-24-13(19-9)20-11(21)8-4-5-10(14(15,16)17)18-7(8)2/h4-6H,3H2,1-2H3,(H,19,20,21). The summed E-state index contributed by atoms with van der Waals surface area (Å²) in [5, 5.41) is 3.95. The number of halogens is 3. The van der Waals surface area contributed by atoms with E-state index in [9.17, 15) is 22.8 Å². The monoisotopic (exact) mass is 359 g/mol. The van der Waals surface area contributed by atoms with Gasteiger partial charge in [0.15, 0.2) is 10.8 Å². The van der Waals surface area contributed by atoms with Gasteiger partial charge in [-0.25, -0.2) is 14.8 Å². The molecule has 2 heterocycles. The third-order valence-electron chi connectivity index (χ3n) is 2.83. The SMILES string of the molecule is CCOC(=O)c1csc(NC(=O)c2ccc(C(F)(F)F)nc2C)n1. The van der Waals surface area contributed by atoms with Crippen LogP contribution in [0.3, 0.4) is 0 Å². The van der Waals surface area contributed by atoms with Gasteiger partial charge in [-0.15, -0.1) is 11.3 Å². The number of nitrogens with one attached hydrogen (secondary N) is 1. The largest absolute Gasteiger partial charge is 0.461 e. The molecule has 0 radical (unpaired) electrons. The summed E-state index contributed by atoms with van der Waals surface area (Å²) >= 11 is 0.996. The van der Waals surface area contributed by atoms with Crippen molar-refractivity contribution in [2.75, 3.05) is 11.9 Å². The number of rotatable bonds is 4. The molecule has 0 unspecified atom stereocenters. The van der Waals surface area contributed by atoms with Gasteiger partial charge in [0.2, 0.25) is 0 Å². The van der Waals surface area contributed by atoms with E-state index in [0.29, 0.717) is 0 Å². The summed E-state index contributed by atoms with van der Waals surface area (Å²) in [6.07, 6.45) is -4.58. The number of carbonyl (C=O) groups excluding carboxylic acids is 2. The molecule has 0 bridgehead atoms. The van der Waals surface area contributed by atoms with E-state index in [1.54, 1.807) is 6.92 Å². The second-order valence-corrected chi connectivity index (χ2v) is 5.40. The van der Waals surface area contributed by atoms with E-state index >= 15 is 0 Å². The van der Waals surface area contributed by atoms with Crippen LogP contribution in [0.5, 0.6) is 0 Å². The molecule has 1 N–H and O–H groups in total. The number of aromatic nitrogens is 2. The molecule has 0 aliphatic carbocycles. The number of aryl methyl sites for hydroxylation is 1. The topological polar surface area (TPSA) is 81.2 Å². The fourth-order valence-corrected chi connectivity index (χ4v) is 2.43. The van der Waals surface area contributed by atoms with Gasteiger partial charge in [0, 0.05) is 5.38 Å². The summed E-state index contributed by atoms with van der Waals surface area (Å²) in [6.45, 7) is 3.14. The Kier molecular flexibility index (Phi) is 5.17. The Morgan fingerprint density at radius 1 is 1.29 bits per heavy atom. The highest BCUT2D eigenvalue weighted by Crippen LogP contribution is 2.28. The summed E-state index contributed by atoms with van der Waals surface area (Å²) < 4.78 is 42.5. The predicted octanol–water partition coefficient (Wildman–Crippen LogP) is 3.29. The first-order chi connectivity index (χ1) is 11.2. The summed E-state index contributed by atoms with van der Waals surface area (Å²) in [7, 11) is 0. The van der Waals surface area contributed by atoms with Gasteiger partial charge in [0.25, 0.3) is 5.91 Å². The fraction of sp³-hybridized carbons (Fsp3) is 0.286. The first kappa shape index (κ1) is 17.9. The maximum Gasteiger partial charge on any atom is 0.433 e. The first-order valence-corrected chi connectivity index (χ1v) is 7.59. The Labute approximate surface area is 138 Å². The molecular weight excluding hydrogens is 347 g/mol. The number of esters is 1. The van der Waals surface area contributed by atoms with E-state index in [1.165, 1.54) is 12.3 Å². The van der Waals surface area contributed by atoms with Crippen molar-refractivity contribution < 1.29 is 27.5 Å². The fourth-order valence-electron chi connectivity index (χ4n) is 1.75. The van der Waals surface area contributed by atoms with Gasteiger partial charge in [0.05, 0.1) is 17.9 Å². The number of nitrogens with zero attached hydrogens (tertiary/aromatic N) is 2. The highest BCUT2D eigenvalue weighted by Gasteiger charge is 2.33. The number of amides is 1. The van der Waals surface area contributed by atoms with Crippen LogP contribution in [0.15, 0.2) is 17.5 Å². The van der Waals surface area contributed by atoms with Crippen LogP contribution in [0.4, 0.5) is 18.3 Å². The van der Waals surface area contributed by atoms with Crippen molar-refractivity contribution in [2.24, 2.45) is 0 Å². The number of alkyl halides is 3. The summed E-state index contributed by atoms with van der Waals surface area (Å²) in [6, 6.07) is 1.77. The van der Waals surface area contributed by atoms with Crippen molar-refractivity contribution >= 4 is 28.3 Å². The van der Waals surface area contributed by atoms with Crippen molar-refractivity contribution in [1.82, 2.24) is 9.97 Å². The molecule has 0 aliphatic heterocycles. The second-order valence-electron chi connectivity index (χ2n) is 4.54. The lowest BCUT2D eigenvalue weighted by Gasteiger charge is -2.09. The van der Waals surface area contributed by atoms with Crippen molar-refractivity contribution in [3.05, 3.63) is 40.2 Å². The molecule has 6 nitrogen and oxygen atoms in total. The van der Waals surface area contributed by atoms with Crippen molar-refractivity contribution in [3.63, 3.8) is 0 Å². The third-order valence-corrected chi connectivity index (χ3v) is 3.59. The lowest BCUT2D eigenvalue weighted by molar-refractivity contribution is -0.141. The van der Waals surface area contributed by atoms with Gasteiger partial charge in [-0.3, -0.25) is 10.1 Å². The third kappa shape index (κ3) is 4.07. The molecule has 2 aromatic rings. The molecule has 0 fully saturated rings. The van der Waals surface area contributed by atoms with Crippen LogP contribution >= 0.6 is 11.3 Å². The molecule has 2 aromatic heterocycles. The van der Waals surface area contributed by atoms with Crippen LogP contribution < -0.4 is 5.32 Å². The van der Waals surface area contributed by atoms with Crippen molar-refractivity contribution in [2.45, 2.75) is 20.0 Å². The zero-order valence-corrected chi connectivity index (χ0v) is 13.4. The summed E-state index contributed by atoms with van der Waals surface area (Å²) in [4.78, 5) is 30.9. The smallest absolute Gasteiger partial charge is 0.433 e. The molecule has 0 aliphatic rings. The highest BCUT2D eigenvalue weighted by atomic mass is 32.1. The zero-order chi connectivity index (χ0) is 17.9. The van der Waals surface area contributed by atoms with Crippen molar-refractivity contribution in [3.8, 4) is 0 Å². The van der Waals surface area contributed by atoms with E-state index in [1.807, 2.05) is 0 Å². The van der Waals surface area contributed by atoms with Gasteiger partial charge < -0.3 is 4.74 Å². The first-order valence-electron chi connectivity index (χ1n) is 6.71. The van der Waals surface area contributed by atoms with E-state index in [2.05, 4.69) is 15.3 Å². The molecule has 0 atom stereocenters. The van der Waals surface area contributed by atoms with Gasteiger partial charge in [0.1, 0.15) is 5.69 Å². The normalized spacial score (nSPS) is 11.2. The molecule has 1 amide bonds. The zero-order valence-electron chi connectivity index (χ0n) is 12.6. The van der Waals surface area contributed by atoms with Gasteiger partial charge in [-0.05, 0) is 26.0 Å². The minimum Gasteiger partial charge on any atom is -0.461 e. The number of hydrogen-bond donors (Lipinski definition) is 1. The molecule has 0 aromatic carbocycles. The molecule has 0 saturated heterocycles. The van der Waals surface area contributed by atoms with E-state index in [4.69, 9.17) is 4.74 Å². The van der Waals surface area contributed by atoms with Gasteiger partial charge in [-0.2, -0.15) is 13.2 Å². The minimum absolute atomic E-state index is 0.0177. The van der Waals surface area contributed by atoms with Crippen LogP contribution in [0.25, 0.3) is 0 Å². The Morgan fingerprint density at radius 2 is 2.00 bits per heavy atom. The van der Waals surface area contributed by atoms with Crippen LogP contribution in [0, 0.1) is 6.92 Å². The van der Waals surface area contributed by atoms with E-state index < -0.39 is 23.7 Å². The average molecular weight is 359 g/mol. The lowest BCUT2D eigenvalue weighted by Crippen LogP contribution is -2.16. The molecular formula is C14H12F3N3O3S. The van der Waals surface area contributed by atoms with Crippen molar-refractivity contribution in [1.29, 1.82) is 0 Å². The Balaban J connectivity index is 2.14. The van der Waals surface area contributed by atoms with E-state index in [0.717, 1.165) is 23.5 Å². The Morgan fingerprint density at radius 3 is 2.58 bits per heavy atom.